The van der Waals surface area contributed by atoms with Crippen LogP contribution in [-0.4, -0.2) is 12.1 Å². The fourth-order valence-electron chi connectivity index (χ4n) is 2.17. The van der Waals surface area contributed by atoms with Crippen LogP contribution in [0.15, 0.2) is 18.2 Å². The standard InChI is InChI=1S/C15H22FN/c1-10-4-5-14(16)9-13(10)8-11(2)12(3)17-15-6-7-15/h4-5,9,11-12,15,17H,6-8H2,1-3H3. The van der Waals surface area contributed by atoms with Gasteiger partial charge in [0.2, 0.25) is 0 Å². The van der Waals surface area contributed by atoms with Crippen LogP contribution in [-0.2, 0) is 6.42 Å². The summed E-state index contributed by atoms with van der Waals surface area (Å²) in [5.74, 6) is 0.414. The van der Waals surface area contributed by atoms with Gasteiger partial charge in [-0.2, -0.15) is 0 Å². The summed E-state index contributed by atoms with van der Waals surface area (Å²) in [7, 11) is 0. The third kappa shape index (κ3) is 3.53. The lowest BCUT2D eigenvalue weighted by Gasteiger charge is -2.22. The van der Waals surface area contributed by atoms with E-state index in [4.69, 9.17) is 0 Å². The molecule has 1 aliphatic rings. The first-order valence-corrected chi connectivity index (χ1v) is 6.57. The second-order valence-electron chi connectivity index (χ2n) is 5.48. The summed E-state index contributed by atoms with van der Waals surface area (Å²) in [5.41, 5.74) is 2.33. The average molecular weight is 235 g/mol. The van der Waals surface area contributed by atoms with Crippen molar-refractivity contribution in [2.75, 3.05) is 0 Å². The zero-order valence-electron chi connectivity index (χ0n) is 11.0. The quantitative estimate of drug-likeness (QED) is 0.824. The predicted octanol–water partition coefficient (Wildman–Crippen LogP) is 3.45. The second kappa shape index (κ2) is 5.18. The van der Waals surface area contributed by atoms with E-state index in [1.165, 1.54) is 24.5 Å². The number of hydrogen-bond acceptors (Lipinski definition) is 1. The van der Waals surface area contributed by atoms with Gasteiger partial charge in [-0.1, -0.05) is 13.0 Å². The zero-order valence-corrected chi connectivity index (χ0v) is 11.0. The van der Waals surface area contributed by atoms with Crippen LogP contribution in [0.25, 0.3) is 0 Å². The molecule has 0 aliphatic heterocycles. The van der Waals surface area contributed by atoms with Gasteiger partial charge in [0.15, 0.2) is 0 Å². The normalized spacial score (nSPS) is 19.1. The highest BCUT2D eigenvalue weighted by molar-refractivity contribution is 5.27. The van der Waals surface area contributed by atoms with Gasteiger partial charge in [-0.3, -0.25) is 0 Å². The number of benzene rings is 1. The maximum atomic E-state index is 13.2. The number of aryl methyl sites for hydroxylation is 1. The lowest BCUT2D eigenvalue weighted by Crippen LogP contribution is -2.34. The molecule has 2 rings (SSSR count). The summed E-state index contributed by atoms with van der Waals surface area (Å²) in [5, 5.41) is 3.61. The molecular formula is C15H22FN. The van der Waals surface area contributed by atoms with Gasteiger partial charge in [-0.15, -0.1) is 0 Å². The van der Waals surface area contributed by atoms with E-state index >= 15 is 0 Å². The van der Waals surface area contributed by atoms with Gasteiger partial charge in [0.1, 0.15) is 5.82 Å². The highest BCUT2D eigenvalue weighted by Crippen LogP contribution is 2.23. The maximum Gasteiger partial charge on any atom is 0.123 e. The van der Waals surface area contributed by atoms with Gasteiger partial charge in [-0.05, 0) is 62.3 Å². The van der Waals surface area contributed by atoms with Crippen LogP contribution in [0.2, 0.25) is 0 Å². The van der Waals surface area contributed by atoms with E-state index in [2.05, 4.69) is 26.1 Å². The molecule has 0 aromatic heterocycles. The minimum atomic E-state index is -0.124. The molecule has 17 heavy (non-hydrogen) atoms. The average Bonchev–Trinajstić information content (AvgIpc) is 3.07. The molecule has 0 amide bonds. The molecule has 1 aromatic carbocycles. The van der Waals surface area contributed by atoms with Crippen molar-refractivity contribution in [3.63, 3.8) is 0 Å². The summed E-state index contributed by atoms with van der Waals surface area (Å²) in [6.07, 6.45) is 3.58. The Morgan fingerprint density at radius 2 is 2.06 bits per heavy atom. The van der Waals surface area contributed by atoms with Crippen LogP contribution in [0.3, 0.4) is 0 Å². The first kappa shape index (κ1) is 12.6. The molecule has 0 bridgehead atoms. The molecule has 1 saturated carbocycles. The molecule has 0 heterocycles. The molecule has 0 saturated heterocycles. The van der Waals surface area contributed by atoms with Crippen LogP contribution < -0.4 is 5.32 Å². The van der Waals surface area contributed by atoms with Crippen molar-refractivity contribution in [1.29, 1.82) is 0 Å². The van der Waals surface area contributed by atoms with Crippen molar-refractivity contribution in [3.05, 3.63) is 35.1 Å². The fraction of sp³-hybridized carbons (Fsp3) is 0.600. The van der Waals surface area contributed by atoms with Crippen molar-refractivity contribution in [2.24, 2.45) is 5.92 Å². The smallest absolute Gasteiger partial charge is 0.123 e. The van der Waals surface area contributed by atoms with Crippen LogP contribution in [0.4, 0.5) is 4.39 Å². The molecule has 1 N–H and O–H groups in total. The van der Waals surface area contributed by atoms with E-state index in [1.807, 2.05) is 6.07 Å². The van der Waals surface area contributed by atoms with Gasteiger partial charge < -0.3 is 5.32 Å². The van der Waals surface area contributed by atoms with Crippen molar-refractivity contribution in [3.8, 4) is 0 Å². The topological polar surface area (TPSA) is 12.0 Å². The third-order valence-electron chi connectivity index (χ3n) is 3.78. The SMILES string of the molecule is Cc1ccc(F)cc1CC(C)C(C)NC1CC1. The molecule has 0 spiro atoms. The van der Waals surface area contributed by atoms with Crippen LogP contribution in [0.5, 0.6) is 0 Å². The Morgan fingerprint density at radius 3 is 2.71 bits per heavy atom. The number of rotatable bonds is 5. The van der Waals surface area contributed by atoms with Crippen molar-refractivity contribution < 1.29 is 4.39 Å². The first-order chi connectivity index (χ1) is 8.06. The van der Waals surface area contributed by atoms with E-state index in [9.17, 15) is 4.39 Å². The molecule has 1 nitrogen and oxygen atoms in total. The van der Waals surface area contributed by atoms with Crippen molar-refractivity contribution in [1.82, 2.24) is 5.32 Å². The zero-order chi connectivity index (χ0) is 12.4. The molecule has 2 atom stereocenters. The number of halogens is 1. The summed E-state index contributed by atoms with van der Waals surface area (Å²) in [6.45, 7) is 6.53. The highest BCUT2D eigenvalue weighted by Gasteiger charge is 2.25. The van der Waals surface area contributed by atoms with Crippen LogP contribution in [0, 0.1) is 18.7 Å². The molecule has 2 heteroatoms. The Balaban J connectivity index is 1.95. The summed E-state index contributed by atoms with van der Waals surface area (Å²) in [6, 6.07) is 6.33. The number of hydrogen-bond donors (Lipinski definition) is 1. The largest absolute Gasteiger partial charge is 0.311 e. The van der Waals surface area contributed by atoms with E-state index in [1.54, 1.807) is 6.07 Å². The van der Waals surface area contributed by atoms with Crippen LogP contribution in [0.1, 0.15) is 37.8 Å². The molecular weight excluding hydrogens is 213 g/mol. The molecule has 1 aliphatic carbocycles. The lowest BCUT2D eigenvalue weighted by atomic mass is 9.92. The van der Waals surface area contributed by atoms with Gasteiger partial charge in [-0.25, -0.2) is 4.39 Å². The fourth-order valence-corrected chi connectivity index (χ4v) is 2.17. The lowest BCUT2D eigenvalue weighted by molar-refractivity contribution is 0.395. The Bertz CT molecular complexity index is 385. The summed E-state index contributed by atoms with van der Waals surface area (Å²) in [4.78, 5) is 0. The minimum Gasteiger partial charge on any atom is -0.311 e. The third-order valence-corrected chi connectivity index (χ3v) is 3.78. The molecule has 2 unspecified atom stereocenters. The Labute approximate surface area is 103 Å². The van der Waals surface area contributed by atoms with Gasteiger partial charge in [0.25, 0.3) is 0 Å². The molecule has 0 radical (unpaired) electrons. The second-order valence-corrected chi connectivity index (χ2v) is 5.48. The highest BCUT2D eigenvalue weighted by atomic mass is 19.1. The van der Waals surface area contributed by atoms with Crippen molar-refractivity contribution >= 4 is 0 Å². The van der Waals surface area contributed by atoms with Crippen LogP contribution >= 0.6 is 0 Å². The number of nitrogens with one attached hydrogen (secondary N) is 1. The van der Waals surface area contributed by atoms with E-state index in [-0.39, 0.29) is 5.82 Å². The first-order valence-electron chi connectivity index (χ1n) is 6.57. The van der Waals surface area contributed by atoms with Gasteiger partial charge in [0.05, 0.1) is 0 Å². The van der Waals surface area contributed by atoms with Crippen molar-refractivity contribution in [2.45, 2.75) is 52.1 Å². The van der Waals surface area contributed by atoms with E-state index < -0.39 is 0 Å². The summed E-state index contributed by atoms with van der Waals surface area (Å²) < 4.78 is 13.2. The van der Waals surface area contributed by atoms with E-state index in [0.717, 1.165) is 18.0 Å². The molecule has 1 aromatic rings. The van der Waals surface area contributed by atoms with Gasteiger partial charge in [0, 0.05) is 12.1 Å². The molecule has 1 fully saturated rings. The maximum absolute atomic E-state index is 13.2. The van der Waals surface area contributed by atoms with E-state index in [0.29, 0.717) is 12.0 Å². The van der Waals surface area contributed by atoms with Gasteiger partial charge >= 0.3 is 0 Å². The molecule has 94 valence electrons. The predicted molar refractivity (Wildman–Crippen MR) is 69.6 cm³/mol. The monoisotopic (exact) mass is 235 g/mol. The Morgan fingerprint density at radius 1 is 1.35 bits per heavy atom. The Hall–Kier alpha value is -0.890. The Kier molecular flexibility index (Phi) is 3.82. The summed E-state index contributed by atoms with van der Waals surface area (Å²) >= 11 is 0. The minimum absolute atomic E-state index is 0.124.